The van der Waals surface area contributed by atoms with Gasteiger partial charge >= 0.3 is 0 Å². The lowest BCUT2D eigenvalue weighted by Crippen LogP contribution is -2.51. The first-order chi connectivity index (χ1) is 13.9. The number of carbonyl (C=O) groups is 1. The summed E-state index contributed by atoms with van der Waals surface area (Å²) < 4.78 is 0. The molecule has 0 aromatic rings. The molecule has 0 radical (unpaired) electrons. The van der Waals surface area contributed by atoms with Gasteiger partial charge in [0.2, 0.25) is 5.91 Å². The molecule has 0 bridgehead atoms. The highest BCUT2D eigenvalue weighted by Crippen LogP contribution is 2.41. The average molecular weight is 405 g/mol. The van der Waals surface area contributed by atoms with E-state index in [1.807, 2.05) is 0 Å². The lowest BCUT2D eigenvalue weighted by atomic mass is 9.69. The van der Waals surface area contributed by atoms with E-state index in [1.165, 1.54) is 89.9 Å². The Balaban J connectivity index is 1.48. The van der Waals surface area contributed by atoms with Crippen LogP contribution in [-0.4, -0.2) is 25.0 Å². The smallest absolute Gasteiger partial charge is 0.224 e. The van der Waals surface area contributed by atoms with E-state index in [2.05, 4.69) is 31.4 Å². The van der Waals surface area contributed by atoms with Crippen LogP contribution in [0.2, 0.25) is 0 Å². The van der Waals surface area contributed by atoms with Crippen molar-refractivity contribution in [1.82, 2.24) is 10.6 Å². The summed E-state index contributed by atoms with van der Waals surface area (Å²) >= 11 is 0. The number of piperidine rings is 1. The molecule has 2 saturated carbocycles. The van der Waals surface area contributed by atoms with Crippen molar-refractivity contribution in [3.05, 3.63) is 0 Å². The molecular weight excluding hydrogens is 356 g/mol. The van der Waals surface area contributed by atoms with Crippen molar-refractivity contribution < 1.29 is 4.79 Å². The molecule has 2 aliphatic carbocycles. The Kier molecular flexibility index (Phi) is 8.48. The van der Waals surface area contributed by atoms with Crippen molar-refractivity contribution in [3.63, 3.8) is 0 Å². The third-order valence-corrected chi connectivity index (χ3v) is 7.95. The summed E-state index contributed by atoms with van der Waals surface area (Å²) in [5.74, 6) is 1.37. The third kappa shape index (κ3) is 7.56. The molecule has 1 saturated heterocycles. The Morgan fingerprint density at radius 1 is 0.931 bits per heavy atom. The lowest BCUT2D eigenvalue weighted by Gasteiger charge is -2.42. The minimum absolute atomic E-state index is 0.180. The average Bonchev–Trinajstić information content (AvgIpc) is 2.68. The van der Waals surface area contributed by atoms with Crippen LogP contribution < -0.4 is 10.6 Å². The molecule has 0 aromatic carbocycles. The summed E-state index contributed by atoms with van der Waals surface area (Å²) in [7, 11) is 0. The van der Waals surface area contributed by atoms with Gasteiger partial charge in [0.25, 0.3) is 0 Å². The number of hydrogen-bond acceptors (Lipinski definition) is 2. The van der Waals surface area contributed by atoms with Gasteiger partial charge < -0.3 is 10.6 Å². The van der Waals surface area contributed by atoms with Crippen LogP contribution >= 0.6 is 0 Å². The van der Waals surface area contributed by atoms with Gasteiger partial charge in [-0.25, -0.2) is 0 Å². The highest BCUT2D eigenvalue weighted by molar-refractivity contribution is 5.79. The fourth-order valence-electron chi connectivity index (χ4n) is 6.45. The number of carbonyl (C=O) groups excluding carboxylic acids is 1. The van der Waals surface area contributed by atoms with Crippen molar-refractivity contribution in [2.24, 2.45) is 22.7 Å². The second-order valence-electron chi connectivity index (χ2n) is 12.0. The van der Waals surface area contributed by atoms with Gasteiger partial charge in [-0.05, 0) is 68.1 Å². The van der Waals surface area contributed by atoms with Crippen molar-refractivity contribution in [2.45, 2.75) is 123 Å². The van der Waals surface area contributed by atoms with E-state index in [0.29, 0.717) is 22.8 Å². The second-order valence-corrected chi connectivity index (χ2v) is 12.0. The lowest BCUT2D eigenvalue weighted by molar-refractivity contribution is -0.128. The van der Waals surface area contributed by atoms with E-state index >= 15 is 0 Å². The predicted molar refractivity (Wildman–Crippen MR) is 123 cm³/mol. The van der Waals surface area contributed by atoms with Crippen LogP contribution in [0, 0.1) is 22.7 Å². The molecule has 3 fully saturated rings. The first kappa shape index (κ1) is 23.1. The van der Waals surface area contributed by atoms with Crippen molar-refractivity contribution >= 4 is 5.91 Å². The Morgan fingerprint density at radius 2 is 1.52 bits per heavy atom. The molecule has 0 aromatic heterocycles. The third-order valence-electron chi connectivity index (χ3n) is 7.95. The van der Waals surface area contributed by atoms with E-state index in [-0.39, 0.29) is 5.92 Å². The molecule has 1 aliphatic heterocycles. The Hall–Kier alpha value is -0.570. The van der Waals surface area contributed by atoms with E-state index in [1.54, 1.807) is 0 Å². The summed E-state index contributed by atoms with van der Waals surface area (Å²) in [5.41, 5.74) is 0.806. The zero-order chi connectivity index (χ0) is 20.7. The van der Waals surface area contributed by atoms with Gasteiger partial charge in [-0.2, -0.15) is 0 Å². The fourth-order valence-corrected chi connectivity index (χ4v) is 6.45. The minimum atomic E-state index is 0.180. The number of hydrogen-bond donors (Lipinski definition) is 2. The molecule has 3 rings (SSSR count). The van der Waals surface area contributed by atoms with E-state index in [9.17, 15) is 4.79 Å². The number of nitrogens with one attached hydrogen (secondary N) is 2. The molecule has 1 heterocycles. The van der Waals surface area contributed by atoms with E-state index in [4.69, 9.17) is 0 Å². The van der Waals surface area contributed by atoms with Gasteiger partial charge in [0.15, 0.2) is 0 Å². The zero-order valence-electron chi connectivity index (χ0n) is 19.7. The van der Waals surface area contributed by atoms with Gasteiger partial charge in [0.1, 0.15) is 0 Å². The van der Waals surface area contributed by atoms with E-state index < -0.39 is 0 Å². The molecular formula is C26H48N2O. The van der Waals surface area contributed by atoms with Crippen molar-refractivity contribution in [2.75, 3.05) is 13.1 Å². The van der Waals surface area contributed by atoms with Gasteiger partial charge in [-0.1, -0.05) is 65.7 Å². The SMILES string of the molecule is CC(C)(C)CC1CCC(NC(=O)C2CNCC3(CCCCCCCCC3)C2)CC1. The second kappa shape index (κ2) is 10.6. The predicted octanol–water partition coefficient (Wildman–Crippen LogP) is 6.22. The Labute approximate surface area is 180 Å². The molecule has 29 heavy (non-hydrogen) atoms. The molecule has 3 aliphatic rings. The highest BCUT2D eigenvalue weighted by atomic mass is 16.2. The minimum Gasteiger partial charge on any atom is -0.353 e. The molecule has 1 spiro atoms. The summed E-state index contributed by atoms with van der Waals surface area (Å²) in [6.45, 7) is 9.07. The Bertz CT molecular complexity index is 491. The maximum absolute atomic E-state index is 13.1. The maximum Gasteiger partial charge on any atom is 0.224 e. The van der Waals surface area contributed by atoms with Crippen molar-refractivity contribution in [3.8, 4) is 0 Å². The van der Waals surface area contributed by atoms with Gasteiger partial charge in [-0.3, -0.25) is 4.79 Å². The topological polar surface area (TPSA) is 41.1 Å². The first-order valence-corrected chi connectivity index (χ1v) is 12.9. The summed E-state index contributed by atoms with van der Waals surface area (Å²) in [4.78, 5) is 13.1. The van der Waals surface area contributed by atoms with Gasteiger partial charge in [-0.15, -0.1) is 0 Å². The molecule has 3 nitrogen and oxygen atoms in total. The van der Waals surface area contributed by atoms with Gasteiger partial charge in [0, 0.05) is 19.1 Å². The molecule has 168 valence electrons. The van der Waals surface area contributed by atoms with Crippen LogP contribution in [0.3, 0.4) is 0 Å². The van der Waals surface area contributed by atoms with Crippen molar-refractivity contribution in [1.29, 1.82) is 0 Å². The van der Waals surface area contributed by atoms with Gasteiger partial charge in [0.05, 0.1) is 5.92 Å². The Morgan fingerprint density at radius 3 is 2.10 bits per heavy atom. The van der Waals surface area contributed by atoms with Crippen LogP contribution in [-0.2, 0) is 4.79 Å². The monoisotopic (exact) mass is 404 g/mol. The summed E-state index contributed by atoms with van der Waals surface area (Å²) in [6.07, 6.45) is 19.7. The molecule has 3 heteroatoms. The highest BCUT2D eigenvalue weighted by Gasteiger charge is 2.38. The normalized spacial score (nSPS) is 31.9. The quantitative estimate of drug-likeness (QED) is 0.586. The molecule has 1 amide bonds. The first-order valence-electron chi connectivity index (χ1n) is 12.9. The van der Waals surface area contributed by atoms with Crippen LogP contribution in [0.4, 0.5) is 0 Å². The number of amides is 1. The largest absolute Gasteiger partial charge is 0.353 e. The van der Waals surface area contributed by atoms with Crippen LogP contribution in [0.5, 0.6) is 0 Å². The molecule has 1 unspecified atom stereocenters. The standard InChI is InChI=1S/C26H48N2O/c1-25(2,3)17-21-11-13-23(14-12-21)28-24(29)22-18-26(20-27-19-22)15-9-7-5-4-6-8-10-16-26/h21-23,27H,4-20H2,1-3H3,(H,28,29). The van der Waals surface area contributed by atoms with Crippen LogP contribution in [0.25, 0.3) is 0 Å². The summed E-state index contributed by atoms with van der Waals surface area (Å²) in [5, 5.41) is 7.14. The van der Waals surface area contributed by atoms with Crippen LogP contribution in [0.1, 0.15) is 117 Å². The zero-order valence-corrected chi connectivity index (χ0v) is 19.7. The molecule has 1 atom stereocenters. The number of rotatable bonds is 3. The fraction of sp³-hybridized carbons (Fsp3) is 0.962. The van der Waals surface area contributed by atoms with Crippen LogP contribution in [0.15, 0.2) is 0 Å². The van der Waals surface area contributed by atoms with E-state index in [0.717, 1.165) is 25.4 Å². The molecule has 2 N–H and O–H groups in total. The maximum atomic E-state index is 13.1. The summed E-state index contributed by atoms with van der Waals surface area (Å²) in [6, 6.07) is 0.417.